The lowest BCUT2D eigenvalue weighted by Crippen LogP contribution is -2.40. The molecule has 0 fully saturated rings. The fourth-order valence-corrected chi connectivity index (χ4v) is 4.44. The number of nitrogens with one attached hydrogen (secondary N) is 1. The number of benzene rings is 3. The third-order valence-corrected chi connectivity index (χ3v) is 6.39. The van der Waals surface area contributed by atoms with Crippen LogP contribution in [0.4, 0.5) is 10.5 Å². The van der Waals surface area contributed by atoms with E-state index in [2.05, 4.69) is 5.32 Å². The summed E-state index contributed by atoms with van der Waals surface area (Å²) in [6.45, 7) is 3.48. The van der Waals surface area contributed by atoms with E-state index in [-0.39, 0.29) is 25.7 Å². The van der Waals surface area contributed by atoms with Crippen LogP contribution in [0.25, 0.3) is 0 Å². The van der Waals surface area contributed by atoms with Crippen molar-refractivity contribution >= 4 is 52.5 Å². The van der Waals surface area contributed by atoms with Gasteiger partial charge in [-0.25, -0.2) is 9.59 Å². The zero-order valence-corrected chi connectivity index (χ0v) is 24.2. The predicted octanol–water partition coefficient (Wildman–Crippen LogP) is 6.81. The molecular weight excluding hydrogens is 579 g/mol. The number of carboxylic acid groups (broad SMARTS) is 1. The van der Waals surface area contributed by atoms with Gasteiger partial charge in [-0.3, -0.25) is 0 Å². The average Bonchev–Trinajstić information content (AvgIpc) is 2.91. The van der Waals surface area contributed by atoms with Gasteiger partial charge in [0.1, 0.15) is 12.4 Å². The topological polar surface area (TPSA) is 97.3 Å². The van der Waals surface area contributed by atoms with Gasteiger partial charge in [-0.05, 0) is 72.6 Å². The zero-order valence-electron chi connectivity index (χ0n) is 21.9. The van der Waals surface area contributed by atoms with E-state index in [1.807, 2.05) is 0 Å². The first-order valence-corrected chi connectivity index (χ1v) is 13.8. The van der Waals surface area contributed by atoms with Gasteiger partial charge in [-0.15, -0.1) is 0 Å². The maximum atomic E-state index is 13.0. The van der Waals surface area contributed by atoms with Crippen LogP contribution >= 0.6 is 34.8 Å². The Kier molecular flexibility index (Phi) is 12.8. The number of amides is 2. The Morgan fingerprint density at radius 3 is 2.15 bits per heavy atom. The van der Waals surface area contributed by atoms with Crippen molar-refractivity contribution in [3.05, 3.63) is 92.9 Å². The van der Waals surface area contributed by atoms with Gasteiger partial charge in [0.15, 0.2) is 6.10 Å². The second-order valence-electron chi connectivity index (χ2n) is 8.73. The molecule has 0 aliphatic carbocycles. The second-order valence-corrected chi connectivity index (χ2v) is 10.0. The van der Waals surface area contributed by atoms with Gasteiger partial charge in [-0.2, -0.15) is 0 Å². The Morgan fingerprint density at radius 2 is 1.52 bits per heavy atom. The van der Waals surface area contributed by atoms with Crippen LogP contribution in [0.1, 0.15) is 18.1 Å². The summed E-state index contributed by atoms with van der Waals surface area (Å²) in [6, 6.07) is 18.8. The third-order valence-electron chi connectivity index (χ3n) is 5.70. The fraction of sp³-hybridized carbons (Fsp3) is 0.310. The molecule has 3 rings (SSSR count). The van der Waals surface area contributed by atoms with Crippen LogP contribution in [0.2, 0.25) is 15.1 Å². The second kappa shape index (κ2) is 16.3. The van der Waals surface area contributed by atoms with Crippen molar-refractivity contribution < 1.29 is 28.9 Å². The van der Waals surface area contributed by atoms with Crippen LogP contribution in [-0.4, -0.2) is 61.0 Å². The summed E-state index contributed by atoms with van der Waals surface area (Å²) in [6.07, 6.45) is -0.647. The summed E-state index contributed by atoms with van der Waals surface area (Å²) < 4.78 is 16.9. The molecule has 0 bridgehead atoms. The molecule has 0 aromatic heterocycles. The van der Waals surface area contributed by atoms with Crippen molar-refractivity contribution in [3.8, 4) is 5.75 Å². The summed E-state index contributed by atoms with van der Waals surface area (Å²) >= 11 is 18.1. The van der Waals surface area contributed by atoms with E-state index in [1.54, 1.807) is 78.6 Å². The van der Waals surface area contributed by atoms with Gasteiger partial charge in [0.2, 0.25) is 0 Å². The Balaban J connectivity index is 1.55. The molecular formula is C29H31Cl3N2O6. The maximum Gasteiger partial charge on any atom is 0.333 e. The number of halogens is 3. The van der Waals surface area contributed by atoms with Crippen LogP contribution in [0, 0.1) is 0 Å². The van der Waals surface area contributed by atoms with E-state index in [1.165, 1.54) is 0 Å². The number of anilines is 1. The number of nitrogens with zero attached hydrogens (tertiary/aromatic N) is 1. The summed E-state index contributed by atoms with van der Waals surface area (Å²) in [5, 5.41) is 13.8. The normalized spacial score (nSPS) is 11.6. The molecule has 0 radical (unpaired) electrons. The monoisotopic (exact) mass is 608 g/mol. The van der Waals surface area contributed by atoms with Gasteiger partial charge in [-0.1, -0.05) is 46.9 Å². The molecule has 1 unspecified atom stereocenters. The highest BCUT2D eigenvalue weighted by atomic mass is 35.5. The number of carboxylic acids is 1. The minimum absolute atomic E-state index is 0.230. The first-order valence-electron chi connectivity index (χ1n) is 12.6. The molecule has 3 aromatic rings. The number of carbonyl (C=O) groups is 2. The number of hydrogen-bond acceptors (Lipinski definition) is 5. The van der Waals surface area contributed by atoms with Crippen molar-refractivity contribution in [1.82, 2.24) is 4.90 Å². The summed E-state index contributed by atoms with van der Waals surface area (Å²) in [7, 11) is 0. The molecule has 0 saturated carbocycles. The SMILES string of the molecule is CCOC(Cc1ccc(OCCN(CCOCc2cc(Cl)cc(Cl)c2)C(=O)Nc2ccc(Cl)cc2)cc1)C(=O)O. The zero-order chi connectivity index (χ0) is 28.9. The molecule has 3 aromatic carbocycles. The van der Waals surface area contributed by atoms with Crippen LogP contribution in [0.3, 0.4) is 0 Å². The number of ether oxygens (including phenoxy) is 3. The molecule has 2 amide bonds. The van der Waals surface area contributed by atoms with Gasteiger partial charge in [0.25, 0.3) is 0 Å². The smallest absolute Gasteiger partial charge is 0.333 e. The molecule has 1 atom stereocenters. The Morgan fingerprint density at radius 1 is 0.875 bits per heavy atom. The van der Waals surface area contributed by atoms with Crippen molar-refractivity contribution in [1.29, 1.82) is 0 Å². The molecule has 2 N–H and O–H groups in total. The third kappa shape index (κ3) is 10.9. The van der Waals surface area contributed by atoms with E-state index in [0.717, 1.165) is 11.1 Å². The lowest BCUT2D eigenvalue weighted by atomic mass is 10.1. The van der Waals surface area contributed by atoms with Crippen molar-refractivity contribution in [2.75, 3.05) is 38.2 Å². The molecule has 0 heterocycles. The molecule has 0 spiro atoms. The number of rotatable bonds is 15. The number of carbonyl (C=O) groups excluding carboxylic acids is 1. The van der Waals surface area contributed by atoms with E-state index in [4.69, 9.17) is 49.0 Å². The lowest BCUT2D eigenvalue weighted by Gasteiger charge is -2.23. The standard InChI is InChI=1S/C29H31Cl3N2O6/c1-2-39-27(28(35)36)17-20-3-9-26(10-4-20)40-14-12-34(29(37)33-25-7-5-22(30)6-8-25)11-13-38-19-21-15-23(31)18-24(32)16-21/h3-10,15-16,18,27H,2,11-14,17,19H2,1H3,(H,33,37)(H,35,36). The number of aliphatic carboxylic acids is 1. The van der Waals surface area contributed by atoms with Crippen LogP contribution in [0.15, 0.2) is 66.7 Å². The van der Waals surface area contributed by atoms with E-state index < -0.39 is 12.1 Å². The predicted molar refractivity (Wildman–Crippen MR) is 157 cm³/mol. The maximum absolute atomic E-state index is 13.0. The summed E-state index contributed by atoms with van der Waals surface area (Å²) in [5.74, 6) is -0.404. The highest BCUT2D eigenvalue weighted by Gasteiger charge is 2.18. The van der Waals surface area contributed by atoms with E-state index in [0.29, 0.717) is 52.8 Å². The van der Waals surface area contributed by atoms with E-state index >= 15 is 0 Å². The first kappa shape index (κ1) is 31.5. The van der Waals surface area contributed by atoms with E-state index in [9.17, 15) is 14.7 Å². The van der Waals surface area contributed by atoms with Crippen molar-refractivity contribution in [2.24, 2.45) is 0 Å². The quantitative estimate of drug-likeness (QED) is 0.184. The summed E-state index contributed by atoms with van der Waals surface area (Å²) in [4.78, 5) is 25.9. The highest BCUT2D eigenvalue weighted by Crippen LogP contribution is 2.20. The van der Waals surface area contributed by atoms with Gasteiger partial charge in [0, 0.05) is 40.3 Å². The molecule has 0 saturated heterocycles. The lowest BCUT2D eigenvalue weighted by molar-refractivity contribution is -0.149. The Hall–Kier alpha value is -3.01. The van der Waals surface area contributed by atoms with Gasteiger partial charge in [0.05, 0.1) is 19.8 Å². The average molecular weight is 610 g/mol. The molecule has 214 valence electrons. The van der Waals surface area contributed by atoms with Crippen LogP contribution in [0.5, 0.6) is 5.75 Å². The number of urea groups is 1. The number of hydrogen-bond donors (Lipinski definition) is 2. The molecule has 8 nitrogen and oxygen atoms in total. The fourth-order valence-electron chi connectivity index (χ4n) is 3.74. The molecule has 11 heteroatoms. The van der Waals surface area contributed by atoms with Crippen LogP contribution in [-0.2, 0) is 27.3 Å². The Bertz CT molecular complexity index is 1220. The van der Waals surface area contributed by atoms with Crippen LogP contribution < -0.4 is 10.1 Å². The van der Waals surface area contributed by atoms with Gasteiger partial charge < -0.3 is 29.5 Å². The minimum Gasteiger partial charge on any atom is -0.492 e. The molecule has 40 heavy (non-hydrogen) atoms. The largest absolute Gasteiger partial charge is 0.492 e. The van der Waals surface area contributed by atoms with Crippen molar-refractivity contribution in [2.45, 2.75) is 26.1 Å². The minimum atomic E-state index is -1.00. The molecule has 0 aliphatic heterocycles. The molecule has 0 aliphatic rings. The van der Waals surface area contributed by atoms with Crippen molar-refractivity contribution in [3.63, 3.8) is 0 Å². The Labute approximate surface area is 248 Å². The summed E-state index contributed by atoms with van der Waals surface area (Å²) in [5.41, 5.74) is 2.25. The highest BCUT2D eigenvalue weighted by molar-refractivity contribution is 6.34. The first-order chi connectivity index (χ1) is 19.2. The van der Waals surface area contributed by atoms with Gasteiger partial charge >= 0.3 is 12.0 Å².